The van der Waals surface area contributed by atoms with Crippen LogP contribution in [0.1, 0.15) is 64.5 Å². The van der Waals surface area contributed by atoms with Crippen LogP contribution in [0.3, 0.4) is 0 Å². The average molecular weight is 389 g/mol. The fourth-order valence-corrected chi connectivity index (χ4v) is 3.68. The lowest BCUT2D eigenvalue weighted by atomic mass is 9.84. The Hall–Kier alpha value is -1.92. The van der Waals surface area contributed by atoms with Crippen molar-refractivity contribution < 1.29 is 19.1 Å². The summed E-state index contributed by atoms with van der Waals surface area (Å²) in [5.41, 5.74) is 1.00. The molecule has 28 heavy (non-hydrogen) atoms. The second-order valence-electron chi connectivity index (χ2n) is 8.86. The largest absolute Gasteiger partial charge is 0.353 e. The van der Waals surface area contributed by atoms with Crippen molar-refractivity contribution in [1.82, 2.24) is 10.2 Å². The van der Waals surface area contributed by atoms with E-state index in [-0.39, 0.29) is 23.6 Å². The van der Waals surface area contributed by atoms with Crippen molar-refractivity contribution in [2.45, 2.75) is 70.6 Å². The van der Waals surface area contributed by atoms with Crippen LogP contribution in [0.15, 0.2) is 24.3 Å². The number of rotatable bonds is 6. The molecule has 2 fully saturated rings. The van der Waals surface area contributed by atoms with Crippen LogP contribution >= 0.6 is 0 Å². The Morgan fingerprint density at radius 3 is 2.54 bits per heavy atom. The first-order valence-corrected chi connectivity index (χ1v) is 10.2. The molecule has 1 aromatic carbocycles. The first-order valence-electron chi connectivity index (χ1n) is 10.2. The second-order valence-corrected chi connectivity index (χ2v) is 8.86. The molecule has 1 aromatic rings. The van der Waals surface area contributed by atoms with Crippen molar-refractivity contribution in [2.75, 3.05) is 19.8 Å². The Kier molecular flexibility index (Phi) is 6.10. The summed E-state index contributed by atoms with van der Waals surface area (Å²) in [5, 5.41) is 2.87. The number of hydrogen-bond acceptors (Lipinski definition) is 4. The number of hydrogen-bond donors (Lipinski definition) is 1. The fourth-order valence-electron chi connectivity index (χ4n) is 3.68. The number of nitrogens with one attached hydrogen (secondary N) is 1. The average Bonchev–Trinajstić information content (AvgIpc) is 2.89. The third-order valence-electron chi connectivity index (χ3n) is 5.57. The molecule has 6 nitrogen and oxygen atoms in total. The Morgan fingerprint density at radius 1 is 1.21 bits per heavy atom. The zero-order valence-electron chi connectivity index (χ0n) is 17.4. The van der Waals surface area contributed by atoms with Crippen LogP contribution in [-0.2, 0) is 25.2 Å². The minimum atomic E-state index is -1.03. The van der Waals surface area contributed by atoms with Gasteiger partial charge >= 0.3 is 6.03 Å². The molecular weight excluding hydrogens is 356 g/mol. The first-order chi connectivity index (χ1) is 13.2. The Morgan fingerprint density at radius 2 is 1.93 bits per heavy atom. The molecule has 1 N–H and O–H groups in total. The summed E-state index contributed by atoms with van der Waals surface area (Å²) in [6, 6.07) is 7.58. The lowest BCUT2D eigenvalue weighted by Crippen LogP contribution is -2.41. The van der Waals surface area contributed by atoms with Crippen LogP contribution in [-0.4, -0.2) is 42.9 Å². The predicted molar refractivity (Wildman–Crippen MR) is 107 cm³/mol. The normalized spacial score (nSPS) is 25.9. The summed E-state index contributed by atoms with van der Waals surface area (Å²) in [4.78, 5) is 26.7. The fraction of sp³-hybridized carbons (Fsp3) is 0.636. The van der Waals surface area contributed by atoms with Crippen LogP contribution < -0.4 is 5.32 Å². The van der Waals surface area contributed by atoms with Crippen molar-refractivity contribution in [3.05, 3.63) is 35.4 Å². The highest BCUT2D eigenvalue weighted by molar-refractivity contribution is 6.07. The number of benzene rings is 1. The van der Waals surface area contributed by atoms with Crippen molar-refractivity contribution >= 4 is 11.9 Å². The van der Waals surface area contributed by atoms with E-state index >= 15 is 0 Å². The van der Waals surface area contributed by atoms with Gasteiger partial charge in [0.05, 0.1) is 6.61 Å². The predicted octanol–water partition coefficient (Wildman–Crippen LogP) is 3.68. The smallest absolute Gasteiger partial charge is 0.325 e. The van der Waals surface area contributed by atoms with Gasteiger partial charge in [-0.3, -0.25) is 9.69 Å². The Balaban J connectivity index is 1.58. The van der Waals surface area contributed by atoms with Crippen molar-refractivity contribution in [2.24, 2.45) is 0 Å². The molecule has 3 rings (SSSR count). The molecule has 3 amide bonds. The van der Waals surface area contributed by atoms with Gasteiger partial charge in [-0.15, -0.1) is 0 Å². The maximum absolute atomic E-state index is 13.0. The van der Waals surface area contributed by atoms with Crippen LogP contribution in [0.4, 0.5) is 4.79 Å². The van der Waals surface area contributed by atoms with E-state index in [2.05, 4.69) is 26.1 Å². The topological polar surface area (TPSA) is 67.9 Å². The number of carbonyl (C=O) groups excluding carboxylic acids is 2. The van der Waals surface area contributed by atoms with Gasteiger partial charge < -0.3 is 14.8 Å². The van der Waals surface area contributed by atoms with Gasteiger partial charge in [0.2, 0.25) is 0 Å². The molecule has 6 heteroatoms. The number of imide groups is 1. The molecule has 0 aromatic heterocycles. The molecule has 2 heterocycles. The highest BCUT2D eigenvalue weighted by atomic mass is 16.7. The third-order valence-corrected chi connectivity index (χ3v) is 5.57. The SMILES string of the molecule is CC(C)(C)c1ccc([C@]2(C)NC(=O)N(CCCO[C@H]3CCCCO3)C2=O)cc1. The number of nitrogens with zero attached hydrogens (tertiary/aromatic N) is 1. The van der Waals surface area contributed by atoms with E-state index in [4.69, 9.17) is 9.47 Å². The Bertz CT molecular complexity index is 704. The van der Waals surface area contributed by atoms with Crippen LogP contribution in [0.5, 0.6) is 0 Å². The van der Waals surface area contributed by atoms with Crippen molar-refractivity contribution in [1.29, 1.82) is 0 Å². The van der Waals surface area contributed by atoms with Gasteiger partial charge in [-0.05, 0) is 49.1 Å². The van der Waals surface area contributed by atoms with E-state index in [1.165, 1.54) is 10.5 Å². The van der Waals surface area contributed by atoms with E-state index in [0.717, 1.165) is 31.4 Å². The van der Waals surface area contributed by atoms with E-state index < -0.39 is 5.54 Å². The number of carbonyl (C=O) groups is 2. The summed E-state index contributed by atoms with van der Waals surface area (Å²) in [5.74, 6) is -0.213. The zero-order chi connectivity index (χ0) is 20.4. The summed E-state index contributed by atoms with van der Waals surface area (Å²) < 4.78 is 11.2. The van der Waals surface area contributed by atoms with Crippen LogP contribution in [0, 0.1) is 0 Å². The lowest BCUT2D eigenvalue weighted by molar-refractivity contribution is -0.163. The summed E-state index contributed by atoms with van der Waals surface area (Å²) >= 11 is 0. The quantitative estimate of drug-likeness (QED) is 0.596. The van der Waals surface area contributed by atoms with Crippen molar-refractivity contribution in [3.63, 3.8) is 0 Å². The van der Waals surface area contributed by atoms with Gasteiger partial charge in [-0.25, -0.2) is 4.79 Å². The van der Waals surface area contributed by atoms with E-state index in [1.807, 2.05) is 24.3 Å². The number of urea groups is 1. The summed E-state index contributed by atoms with van der Waals surface area (Å²) in [6.45, 7) is 9.76. The molecule has 0 radical (unpaired) electrons. The lowest BCUT2D eigenvalue weighted by Gasteiger charge is -2.25. The highest BCUT2D eigenvalue weighted by Gasteiger charge is 2.48. The molecule has 0 bridgehead atoms. The van der Waals surface area contributed by atoms with Crippen LogP contribution in [0.25, 0.3) is 0 Å². The second kappa shape index (κ2) is 8.21. The number of amides is 3. The third kappa shape index (κ3) is 4.39. The zero-order valence-corrected chi connectivity index (χ0v) is 17.4. The van der Waals surface area contributed by atoms with Gasteiger partial charge in [-0.1, -0.05) is 45.0 Å². The molecule has 154 valence electrons. The van der Waals surface area contributed by atoms with E-state index in [9.17, 15) is 9.59 Å². The first kappa shape index (κ1) is 20.8. The summed E-state index contributed by atoms with van der Waals surface area (Å²) in [6.07, 6.45) is 3.55. The van der Waals surface area contributed by atoms with Gasteiger partial charge in [0, 0.05) is 13.2 Å². The molecule has 2 aliphatic heterocycles. The van der Waals surface area contributed by atoms with Gasteiger partial charge in [-0.2, -0.15) is 0 Å². The maximum Gasteiger partial charge on any atom is 0.325 e. The molecular formula is C22H32N2O4. The molecule has 0 unspecified atom stereocenters. The van der Waals surface area contributed by atoms with Gasteiger partial charge in [0.1, 0.15) is 5.54 Å². The van der Waals surface area contributed by atoms with E-state index in [1.54, 1.807) is 6.92 Å². The highest BCUT2D eigenvalue weighted by Crippen LogP contribution is 2.31. The molecule has 0 spiro atoms. The summed E-state index contributed by atoms with van der Waals surface area (Å²) in [7, 11) is 0. The van der Waals surface area contributed by atoms with Gasteiger partial charge in [0.15, 0.2) is 6.29 Å². The molecule has 2 atom stereocenters. The minimum Gasteiger partial charge on any atom is -0.353 e. The monoisotopic (exact) mass is 388 g/mol. The maximum atomic E-state index is 13.0. The standard InChI is InChI=1S/C22H32N2O4/c1-21(2,3)16-9-11-17(12-10-16)22(4)19(25)24(20(26)23-22)13-7-15-28-18-8-5-6-14-27-18/h9-12,18H,5-8,13-15H2,1-4H3,(H,23,26)/t18-,22-/m0/s1. The molecule has 2 aliphatic rings. The van der Waals surface area contributed by atoms with Gasteiger partial charge in [0.25, 0.3) is 5.91 Å². The molecule has 0 saturated carbocycles. The molecule has 0 aliphatic carbocycles. The Labute approximate surface area is 167 Å². The number of ether oxygens (including phenoxy) is 2. The molecule has 2 saturated heterocycles. The minimum absolute atomic E-state index is 0.0381. The van der Waals surface area contributed by atoms with Crippen LogP contribution in [0.2, 0.25) is 0 Å². The van der Waals surface area contributed by atoms with E-state index in [0.29, 0.717) is 19.6 Å². The van der Waals surface area contributed by atoms with Crippen molar-refractivity contribution in [3.8, 4) is 0 Å².